The van der Waals surface area contributed by atoms with Crippen molar-refractivity contribution < 1.29 is 27.2 Å². The molecule has 7 nitrogen and oxygen atoms in total. The van der Waals surface area contributed by atoms with E-state index < -0.39 is 23.6 Å². The molecule has 0 spiro atoms. The quantitative estimate of drug-likeness (QED) is 0.225. The lowest BCUT2D eigenvalue weighted by atomic mass is 10.2. The monoisotopic (exact) mass is 517 g/mol. The zero-order valence-corrected chi connectivity index (χ0v) is 19.1. The molecule has 1 amide bonds. The number of hydrogen-bond acceptors (Lipinski definition) is 4. The molecule has 0 atom stereocenters. The molecule has 0 fully saturated rings. The predicted octanol–water partition coefficient (Wildman–Crippen LogP) is 6.00. The van der Waals surface area contributed by atoms with Gasteiger partial charge in [-0.05, 0) is 50.2 Å². The van der Waals surface area contributed by atoms with Crippen LogP contribution < -0.4 is 10.6 Å². The van der Waals surface area contributed by atoms with E-state index in [1.165, 1.54) is 38.1 Å². The normalized spacial score (nSPS) is 11.4. The molecule has 1 aromatic heterocycles. The number of hydrogen-bond donors (Lipinski definition) is 3. The fourth-order valence-electron chi connectivity index (χ4n) is 2.29. The molecule has 1 heterocycles. The number of nitrogens with zero attached hydrogens (tertiary/aromatic N) is 2. The summed E-state index contributed by atoms with van der Waals surface area (Å²) in [5.41, 5.74) is -0.875. The topological polar surface area (TPSA) is 99.2 Å². The average molecular weight is 518 g/mol. The standard InChI is InChI=1S/C18H11Cl2F4N5O.C3H6O/c19-10-3-1-2-9(4-10)16(30)27-17(25-13-6-11(20)5-12(21)7-13)26-15-8-14(28-29-15)18(22,23)24;1-3(2)4/h1-8H,(H3,25,26,27,28,29,30);1-2H3. The lowest BCUT2D eigenvalue weighted by Crippen LogP contribution is -2.35. The van der Waals surface area contributed by atoms with Crippen LogP contribution in [0.25, 0.3) is 0 Å². The van der Waals surface area contributed by atoms with Gasteiger partial charge >= 0.3 is 6.18 Å². The molecule has 3 N–H and O–H groups in total. The predicted molar refractivity (Wildman–Crippen MR) is 121 cm³/mol. The van der Waals surface area contributed by atoms with Crippen molar-refractivity contribution >= 4 is 52.4 Å². The van der Waals surface area contributed by atoms with Gasteiger partial charge in [-0.3, -0.25) is 15.2 Å². The first-order valence-corrected chi connectivity index (χ1v) is 10.1. The number of amides is 1. The maximum absolute atomic E-state index is 13.6. The van der Waals surface area contributed by atoms with Gasteiger partial charge < -0.3 is 10.1 Å². The Morgan fingerprint density at radius 2 is 1.71 bits per heavy atom. The number of ketones is 1. The molecule has 0 aliphatic rings. The van der Waals surface area contributed by atoms with Gasteiger partial charge in [-0.25, -0.2) is 4.39 Å². The van der Waals surface area contributed by atoms with Crippen LogP contribution in [-0.2, 0) is 11.0 Å². The second-order valence-electron chi connectivity index (χ2n) is 6.75. The summed E-state index contributed by atoms with van der Waals surface area (Å²) in [4.78, 5) is 25.8. The second kappa shape index (κ2) is 11.6. The maximum atomic E-state index is 13.6. The van der Waals surface area contributed by atoms with Crippen molar-refractivity contribution in [3.05, 3.63) is 75.7 Å². The van der Waals surface area contributed by atoms with Crippen molar-refractivity contribution in [2.45, 2.75) is 20.0 Å². The third-order valence-corrected chi connectivity index (χ3v) is 3.99. The summed E-state index contributed by atoms with van der Waals surface area (Å²) in [7, 11) is 0. The molecular weight excluding hydrogens is 501 g/mol. The van der Waals surface area contributed by atoms with Crippen molar-refractivity contribution in [3.8, 4) is 0 Å². The van der Waals surface area contributed by atoms with E-state index in [9.17, 15) is 27.2 Å². The number of carbonyl (C=O) groups excluding carboxylic acids is 2. The number of Topliss-reactive ketones (excluding diaryl/α,β-unsaturated/α-hetero) is 1. The lowest BCUT2D eigenvalue weighted by molar-refractivity contribution is -0.141. The summed E-state index contributed by atoms with van der Waals surface area (Å²) >= 11 is 11.7. The first kappa shape index (κ1) is 26.8. The van der Waals surface area contributed by atoms with E-state index in [0.29, 0.717) is 11.1 Å². The first-order chi connectivity index (χ1) is 15.8. The number of aromatic amines is 1. The fraction of sp³-hybridized carbons (Fsp3) is 0.143. The number of nitrogens with one attached hydrogen (secondary N) is 3. The van der Waals surface area contributed by atoms with Gasteiger partial charge in [-0.2, -0.15) is 23.3 Å². The van der Waals surface area contributed by atoms with E-state index in [-0.39, 0.29) is 33.8 Å². The number of aromatic nitrogens is 2. The van der Waals surface area contributed by atoms with Gasteiger partial charge in [0, 0.05) is 27.4 Å². The molecule has 0 unspecified atom stereocenters. The summed E-state index contributed by atoms with van der Waals surface area (Å²) in [6.45, 7) is 3.06. The fourth-order valence-corrected chi connectivity index (χ4v) is 2.70. The molecule has 2 aromatic carbocycles. The van der Waals surface area contributed by atoms with Crippen LogP contribution in [0.15, 0.2) is 53.5 Å². The largest absolute Gasteiger partial charge is 0.432 e. The van der Waals surface area contributed by atoms with E-state index in [0.717, 1.165) is 12.1 Å². The smallest absolute Gasteiger partial charge is 0.325 e. The van der Waals surface area contributed by atoms with E-state index in [1.54, 1.807) is 11.2 Å². The third kappa shape index (κ3) is 8.83. The van der Waals surface area contributed by atoms with Gasteiger partial charge in [-0.1, -0.05) is 29.3 Å². The molecule has 0 aliphatic carbocycles. The van der Waals surface area contributed by atoms with Gasteiger partial charge in [0.25, 0.3) is 5.91 Å². The summed E-state index contributed by atoms with van der Waals surface area (Å²) < 4.78 is 51.9. The minimum absolute atomic E-state index is 0.0529. The van der Waals surface area contributed by atoms with Crippen LogP contribution in [0.4, 0.5) is 29.1 Å². The molecule has 13 heteroatoms. The summed E-state index contributed by atoms with van der Waals surface area (Å²) in [6.07, 6.45) is -4.66. The Morgan fingerprint density at radius 3 is 2.26 bits per heavy atom. The first-order valence-electron chi connectivity index (χ1n) is 9.32. The molecular formula is C21H17Cl2F4N5O2. The third-order valence-electron chi connectivity index (χ3n) is 3.54. The zero-order chi connectivity index (χ0) is 25.5. The molecule has 0 bridgehead atoms. The van der Waals surface area contributed by atoms with Crippen LogP contribution in [0.5, 0.6) is 0 Å². The lowest BCUT2D eigenvalue weighted by Gasteiger charge is -2.12. The van der Waals surface area contributed by atoms with Crippen molar-refractivity contribution in [2.75, 3.05) is 5.32 Å². The Hall–Kier alpha value is -3.44. The van der Waals surface area contributed by atoms with Crippen molar-refractivity contribution in [3.63, 3.8) is 0 Å². The van der Waals surface area contributed by atoms with Crippen molar-refractivity contribution in [1.82, 2.24) is 15.5 Å². The van der Waals surface area contributed by atoms with Crippen LogP contribution in [0.1, 0.15) is 29.9 Å². The number of benzene rings is 2. The van der Waals surface area contributed by atoms with E-state index in [4.69, 9.17) is 23.2 Å². The van der Waals surface area contributed by atoms with Gasteiger partial charge in [0.15, 0.2) is 5.82 Å². The van der Waals surface area contributed by atoms with Gasteiger partial charge in [0.2, 0.25) is 5.96 Å². The minimum atomic E-state index is -4.66. The Labute approximate surface area is 201 Å². The summed E-state index contributed by atoms with van der Waals surface area (Å²) in [6, 6.07) is 10.0. The van der Waals surface area contributed by atoms with Crippen LogP contribution >= 0.6 is 23.2 Å². The van der Waals surface area contributed by atoms with Crippen LogP contribution in [-0.4, -0.2) is 27.8 Å². The highest BCUT2D eigenvalue weighted by molar-refractivity contribution is 6.31. The second-order valence-corrected chi connectivity index (χ2v) is 7.63. The maximum Gasteiger partial charge on any atom is 0.432 e. The number of carbonyl (C=O) groups is 2. The van der Waals surface area contributed by atoms with Gasteiger partial charge in [0.1, 0.15) is 17.3 Å². The number of guanidine groups is 1. The van der Waals surface area contributed by atoms with E-state index in [1.807, 2.05) is 0 Å². The Bertz CT molecular complexity index is 1190. The molecule has 180 valence electrons. The molecule has 0 radical (unpaired) electrons. The Kier molecular flexibility index (Phi) is 9.16. The molecule has 0 saturated carbocycles. The number of H-pyrrole nitrogens is 1. The molecule has 0 aliphatic heterocycles. The van der Waals surface area contributed by atoms with Crippen molar-refractivity contribution in [1.29, 1.82) is 0 Å². The van der Waals surface area contributed by atoms with Gasteiger partial charge in [0.05, 0.1) is 0 Å². The minimum Gasteiger partial charge on any atom is -0.325 e. The Morgan fingerprint density at radius 1 is 1.03 bits per heavy atom. The molecule has 3 rings (SSSR count). The Balaban J connectivity index is 0.000000945. The average Bonchev–Trinajstić information content (AvgIpc) is 3.15. The van der Waals surface area contributed by atoms with Crippen LogP contribution in [0.2, 0.25) is 10.0 Å². The highest BCUT2D eigenvalue weighted by Gasteiger charge is 2.33. The van der Waals surface area contributed by atoms with Crippen LogP contribution in [0.3, 0.4) is 0 Å². The van der Waals surface area contributed by atoms with Gasteiger partial charge in [-0.15, -0.1) is 0 Å². The molecule has 34 heavy (non-hydrogen) atoms. The zero-order valence-electron chi connectivity index (χ0n) is 17.6. The van der Waals surface area contributed by atoms with Crippen LogP contribution in [0, 0.1) is 5.82 Å². The number of halogens is 6. The summed E-state index contributed by atoms with van der Waals surface area (Å²) in [5.74, 6) is -1.87. The number of rotatable bonds is 3. The van der Waals surface area contributed by atoms with Crippen molar-refractivity contribution in [2.24, 2.45) is 4.99 Å². The molecule has 0 saturated heterocycles. The number of aliphatic imine (C=N–C) groups is 1. The highest BCUT2D eigenvalue weighted by Crippen LogP contribution is 2.29. The molecule has 3 aromatic rings. The van der Waals surface area contributed by atoms with E-state index in [2.05, 4.69) is 20.7 Å². The SMILES string of the molecule is CC(C)=O.O=C(NC(=Nc1cc(C(F)(F)F)[nH]n1)Nc1cc(F)cc(Cl)c1)c1cccc(Cl)c1. The van der Waals surface area contributed by atoms with E-state index >= 15 is 0 Å². The number of alkyl halides is 3. The highest BCUT2D eigenvalue weighted by atomic mass is 35.5. The number of anilines is 1. The summed E-state index contributed by atoms with van der Waals surface area (Å²) in [5, 5.41) is 10.6.